The van der Waals surface area contributed by atoms with Crippen LogP contribution in [0.1, 0.15) is 11.4 Å². The van der Waals surface area contributed by atoms with Crippen molar-refractivity contribution in [2.45, 2.75) is 6.92 Å². The Morgan fingerprint density at radius 2 is 2.24 bits per heavy atom. The summed E-state index contributed by atoms with van der Waals surface area (Å²) in [7, 11) is 0. The van der Waals surface area contributed by atoms with Crippen LogP contribution in [0.3, 0.4) is 0 Å². The number of halogens is 1. The monoisotopic (exact) mass is 377 g/mol. The van der Waals surface area contributed by atoms with Crippen molar-refractivity contribution in [1.82, 2.24) is 9.38 Å². The molecule has 0 radical (unpaired) electrons. The van der Waals surface area contributed by atoms with Crippen LogP contribution >= 0.6 is 22.9 Å². The van der Waals surface area contributed by atoms with Crippen LogP contribution in [0, 0.1) is 17.0 Å². The lowest BCUT2D eigenvalue weighted by molar-refractivity contribution is -0.384. The van der Waals surface area contributed by atoms with Crippen molar-refractivity contribution < 1.29 is 4.92 Å². The van der Waals surface area contributed by atoms with Crippen LogP contribution < -0.4 is 11.5 Å². The fraction of sp³-hybridized carbons (Fsp3) is 0.0714. The van der Waals surface area contributed by atoms with E-state index in [1.165, 1.54) is 29.7 Å². The molecule has 0 atom stereocenters. The summed E-state index contributed by atoms with van der Waals surface area (Å²) in [5.74, 6) is -0.178. The second-order valence-electron chi connectivity index (χ2n) is 5.03. The molecule has 0 fully saturated rings. The summed E-state index contributed by atoms with van der Waals surface area (Å²) in [5.41, 5.74) is 13.0. The number of aryl methyl sites for hydroxylation is 1. The van der Waals surface area contributed by atoms with E-state index in [9.17, 15) is 10.1 Å². The summed E-state index contributed by atoms with van der Waals surface area (Å²) < 4.78 is 1.87. The number of thiazole rings is 1. The summed E-state index contributed by atoms with van der Waals surface area (Å²) in [5, 5.41) is 20.6. The first-order chi connectivity index (χ1) is 11.9. The molecular formula is C14H12ClN7O2S. The SMILES string of the molecule is Cc1csc2nc(-c3ccc(Cl)c([N+](=O)[O-])c3)c(C=NN=C(N)N)n12. The largest absolute Gasteiger partial charge is 0.369 e. The second kappa shape index (κ2) is 6.49. The lowest BCUT2D eigenvalue weighted by Crippen LogP contribution is -2.21. The Labute approximate surface area is 150 Å². The number of nitrogens with zero attached hydrogens (tertiary/aromatic N) is 5. The molecule has 0 saturated carbocycles. The summed E-state index contributed by atoms with van der Waals surface area (Å²) in [6.45, 7) is 1.91. The topological polar surface area (TPSA) is 137 Å². The smallest absolute Gasteiger partial charge is 0.288 e. The molecule has 9 nitrogen and oxygen atoms in total. The van der Waals surface area contributed by atoms with Crippen molar-refractivity contribution in [2.24, 2.45) is 21.7 Å². The van der Waals surface area contributed by atoms with Crippen LogP contribution in [-0.4, -0.2) is 26.5 Å². The van der Waals surface area contributed by atoms with Crippen molar-refractivity contribution >= 4 is 45.8 Å². The number of benzene rings is 1. The third-order valence-electron chi connectivity index (χ3n) is 3.34. The Bertz CT molecular complexity index is 1030. The van der Waals surface area contributed by atoms with Crippen LogP contribution in [0.2, 0.25) is 5.02 Å². The normalized spacial score (nSPS) is 11.3. The van der Waals surface area contributed by atoms with Crippen molar-refractivity contribution in [3.63, 3.8) is 0 Å². The highest BCUT2D eigenvalue weighted by Crippen LogP contribution is 2.33. The third-order valence-corrected chi connectivity index (χ3v) is 4.60. The van der Waals surface area contributed by atoms with Crippen LogP contribution in [0.4, 0.5) is 5.69 Å². The lowest BCUT2D eigenvalue weighted by atomic mass is 10.1. The molecule has 25 heavy (non-hydrogen) atoms. The number of nitro benzene ring substituents is 1. The van der Waals surface area contributed by atoms with E-state index in [0.29, 0.717) is 17.0 Å². The predicted octanol–water partition coefficient (Wildman–Crippen LogP) is 2.54. The van der Waals surface area contributed by atoms with Crippen molar-refractivity contribution in [3.8, 4) is 11.3 Å². The second-order valence-corrected chi connectivity index (χ2v) is 6.28. The zero-order valence-corrected chi connectivity index (χ0v) is 14.5. The molecule has 0 bridgehead atoms. The maximum absolute atomic E-state index is 11.1. The van der Waals surface area contributed by atoms with Gasteiger partial charge in [0, 0.05) is 22.7 Å². The van der Waals surface area contributed by atoms with Gasteiger partial charge in [0.05, 0.1) is 22.5 Å². The average molecular weight is 378 g/mol. The molecule has 2 aromatic heterocycles. The number of aromatic nitrogens is 2. The summed E-state index contributed by atoms with van der Waals surface area (Å²) >= 11 is 7.32. The maximum Gasteiger partial charge on any atom is 0.288 e. The van der Waals surface area contributed by atoms with E-state index in [1.807, 2.05) is 16.7 Å². The molecule has 11 heteroatoms. The van der Waals surface area contributed by atoms with Crippen LogP contribution in [0.5, 0.6) is 0 Å². The Balaban J connectivity index is 2.22. The van der Waals surface area contributed by atoms with Gasteiger partial charge in [-0.25, -0.2) is 4.98 Å². The van der Waals surface area contributed by atoms with Gasteiger partial charge in [0.25, 0.3) is 5.69 Å². The van der Waals surface area contributed by atoms with E-state index < -0.39 is 4.92 Å². The van der Waals surface area contributed by atoms with Gasteiger partial charge in [-0.1, -0.05) is 17.7 Å². The summed E-state index contributed by atoms with van der Waals surface area (Å²) in [4.78, 5) is 15.9. The van der Waals surface area contributed by atoms with Gasteiger partial charge in [-0.2, -0.15) is 5.10 Å². The number of rotatable bonds is 4. The Hall–Kier alpha value is -2.98. The molecular weight excluding hydrogens is 366 g/mol. The van der Waals surface area contributed by atoms with Crippen LogP contribution in [-0.2, 0) is 0 Å². The molecule has 1 aromatic carbocycles. The molecule has 2 heterocycles. The molecule has 0 saturated heterocycles. The summed E-state index contributed by atoms with van der Waals surface area (Å²) in [6, 6.07) is 4.50. The zero-order chi connectivity index (χ0) is 18.1. The highest BCUT2D eigenvalue weighted by atomic mass is 35.5. The Morgan fingerprint density at radius 3 is 2.92 bits per heavy atom. The van der Waals surface area contributed by atoms with E-state index >= 15 is 0 Å². The highest BCUT2D eigenvalue weighted by molar-refractivity contribution is 7.15. The molecule has 0 amide bonds. The third kappa shape index (κ3) is 3.16. The number of nitro groups is 1. The molecule has 128 valence electrons. The number of hydrogen-bond donors (Lipinski definition) is 2. The number of guanidine groups is 1. The molecule has 3 rings (SSSR count). The molecule has 0 aliphatic heterocycles. The van der Waals surface area contributed by atoms with Gasteiger partial charge in [-0.3, -0.25) is 14.5 Å². The lowest BCUT2D eigenvalue weighted by Gasteiger charge is -2.02. The van der Waals surface area contributed by atoms with Gasteiger partial charge < -0.3 is 11.5 Å². The number of nitrogens with two attached hydrogens (primary N) is 2. The van der Waals surface area contributed by atoms with Crippen molar-refractivity contribution in [2.75, 3.05) is 0 Å². The van der Waals surface area contributed by atoms with Gasteiger partial charge in [0.1, 0.15) is 5.02 Å². The first-order valence-electron chi connectivity index (χ1n) is 6.91. The molecule has 3 aromatic rings. The van der Waals surface area contributed by atoms with Crippen LogP contribution in [0.15, 0.2) is 33.8 Å². The van der Waals surface area contributed by atoms with Gasteiger partial charge in [-0.05, 0) is 13.0 Å². The van der Waals surface area contributed by atoms with Gasteiger partial charge >= 0.3 is 0 Å². The zero-order valence-electron chi connectivity index (χ0n) is 12.9. The fourth-order valence-electron chi connectivity index (χ4n) is 2.30. The van der Waals surface area contributed by atoms with Gasteiger partial charge in [0.2, 0.25) is 5.96 Å². The van der Waals surface area contributed by atoms with Crippen LogP contribution in [0.25, 0.3) is 16.2 Å². The quantitative estimate of drug-likeness (QED) is 0.311. The number of fused-ring (bicyclic) bond motifs is 1. The first kappa shape index (κ1) is 16.9. The van der Waals surface area contributed by atoms with Gasteiger partial charge in [0.15, 0.2) is 4.96 Å². The van der Waals surface area contributed by atoms with Crippen molar-refractivity contribution in [3.05, 3.63) is 50.1 Å². The standard InChI is InChI=1S/C14H12ClN7O2S/c1-7-6-25-14-19-12(11(21(7)14)5-18-20-13(16)17)8-2-3-9(15)10(4-8)22(23)24/h2-6H,1H3,(H4,16,17,20). The van der Waals surface area contributed by atoms with Crippen molar-refractivity contribution in [1.29, 1.82) is 0 Å². The predicted molar refractivity (Wildman–Crippen MR) is 98.3 cm³/mol. The molecule has 0 aliphatic rings. The number of hydrogen-bond acceptors (Lipinski definition) is 6. The minimum absolute atomic E-state index is 0.0571. The molecule has 4 N–H and O–H groups in total. The van der Waals surface area contributed by atoms with E-state index in [4.69, 9.17) is 23.1 Å². The summed E-state index contributed by atoms with van der Waals surface area (Å²) in [6.07, 6.45) is 1.45. The van der Waals surface area contributed by atoms with Gasteiger partial charge in [-0.15, -0.1) is 16.4 Å². The Morgan fingerprint density at radius 1 is 1.48 bits per heavy atom. The van der Waals surface area contributed by atoms with E-state index in [1.54, 1.807) is 6.07 Å². The van der Waals surface area contributed by atoms with E-state index in [-0.39, 0.29) is 16.7 Å². The molecule has 0 unspecified atom stereocenters. The average Bonchev–Trinajstić information content (AvgIpc) is 3.08. The Kier molecular flexibility index (Phi) is 4.38. The molecule has 0 spiro atoms. The first-order valence-corrected chi connectivity index (χ1v) is 8.17. The van der Waals surface area contributed by atoms with E-state index in [2.05, 4.69) is 15.2 Å². The van der Waals surface area contributed by atoms with E-state index in [0.717, 1.165) is 10.7 Å². The fourth-order valence-corrected chi connectivity index (χ4v) is 3.36. The minimum atomic E-state index is -0.539. The number of imidazole rings is 1. The molecule has 0 aliphatic carbocycles. The minimum Gasteiger partial charge on any atom is -0.369 e. The highest BCUT2D eigenvalue weighted by Gasteiger charge is 2.19. The maximum atomic E-state index is 11.1.